The van der Waals surface area contributed by atoms with Crippen LogP contribution in [0.5, 0.6) is 0 Å². The molecule has 0 aliphatic heterocycles. The summed E-state index contributed by atoms with van der Waals surface area (Å²) in [6, 6.07) is 0. The SMILES string of the molecule is CC(C)(C)COCCCS(=O)(=O)NC(C)(C)C(C)(C)C. The molecule has 0 aliphatic rings. The molecule has 4 nitrogen and oxygen atoms in total. The fourth-order valence-corrected chi connectivity index (χ4v) is 3.01. The van der Waals surface area contributed by atoms with Gasteiger partial charge in [0, 0.05) is 12.1 Å². The third-order valence-electron chi connectivity index (χ3n) is 3.52. The van der Waals surface area contributed by atoms with Crippen LogP contribution < -0.4 is 4.72 Å². The molecule has 20 heavy (non-hydrogen) atoms. The summed E-state index contributed by atoms with van der Waals surface area (Å²) in [7, 11) is -3.27. The Hall–Kier alpha value is -0.130. The van der Waals surface area contributed by atoms with Crippen LogP contribution in [-0.4, -0.2) is 32.9 Å². The van der Waals surface area contributed by atoms with Crippen LogP contribution in [0.15, 0.2) is 0 Å². The predicted molar refractivity (Wildman–Crippen MR) is 85.3 cm³/mol. The molecule has 0 saturated carbocycles. The molecular formula is C15H33NO3S. The Bertz CT molecular complexity index is 386. The number of nitrogens with one attached hydrogen (secondary N) is 1. The largest absolute Gasteiger partial charge is 0.381 e. The highest BCUT2D eigenvalue weighted by molar-refractivity contribution is 7.89. The standard InChI is InChI=1S/C15H33NO3S/c1-13(2,3)12-19-10-9-11-20(17,18)16-15(7,8)14(4,5)6/h16H,9-12H2,1-8H3. The van der Waals surface area contributed by atoms with E-state index in [0.29, 0.717) is 19.6 Å². The third-order valence-corrected chi connectivity index (χ3v) is 5.17. The van der Waals surface area contributed by atoms with E-state index in [4.69, 9.17) is 4.74 Å². The van der Waals surface area contributed by atoms with Crippen LogP contribution in [0.25, 0.3) is 0 Å². The lowest BCUT2D eigenvalue weighted by molar-refractivity contribution is 0.0719. The molecule has 1 N–H and O–H groups in total. The van der Waals surface area contributed by atoms with E-state index in [1.807, 2.05) is 34.6 Å². The second-order valence-corrected chi connectivity index (χ2v) is 10.1. The number of hydrogen-bond donors (Lipinski definition) is 1. The van der Waals surface area contributed by atoms with Crippen molar-refractivity contribution < 1.29 is 13.2 Å². The van der Waals surface area contributed by atoms with Gasteiger partial charge in [-0.2, -0.15) is 0 Å². The van der Waals surface area contributed by atoms with Crippen LogP contribution in [0, 0.1) is 10.8 Å². The first kappa shape index (κ1) is 19.9. The van der Waals surface area contributed by atoms with Crippen LogP contribution >= 0.6 is 0 Å². The lowest BCUT2D eigenvalue weighted by Crippen LogP contribution is -2.53. The maximum atomic E-state index is 12.1. The molecule has 0 atom stereocenters. The van der Waals surface area contributed by atoms with Gasteiger partial charge in [0.15, 0.2) is 0 Å². The quantitative estimate of drug-likeness (QED) is 0.735. The first-order valence-corrected chi connectivity index (χ1v) is 8.91. The highest BCUT2D eigenvalue weighted by Gasteiger charge is 2.36. The van der Waals surface area contributed by atoms with Crippen molar-refractivity contribution in [2.75, 3.05) is 19.0 Å². The molecule has 5 heteroatoms. The summed E-state index contributed by atoms with van der Waals surface area (Å²) in [5.74, 6) is 0.108. The van der Waals surface area contributed by atoms with Gasteiger partial charge in [-0.1, -0.05) is 41.5 Å². The van der Waals surface area contributed by atoms with Gasteiger partial charge in [0.25, 0.3) is 0 Å². The summed E-state index contributed by atoms with van der Waals surface area (Å²) in [4.78, 5) is 0. The van der Waals surface area contributed by atoms with Gasteiger partial charge in [-0.25, -0.2) is 13.1 Å². The van der Waals surface area contributed by atoms with Crippen LogP contribution in [0.2, 0.25) is 0 Å². The summed E-state index contributed by atoms with van der Waals surface area (Å²) in [5.41, 5.74) is -0.494. The number of rotatable bonds is 7. The number of ether oxygens (including phenoxy) is 1. The van der Waals surface area contributed by atoms with Gasteiger partial charge >= 0.3 is 0 Å². The molecule has 0 unspecified atom stereocenters. The lowest BCUT2D eigenvalue weighted by atomic mass is 9.77. The van der Waals surface area contributed by atoms with E-state index in [-0.39, 0.29) is 16.6 Å². The summed E-state index contributed by atoms with van der Waals surface area (Å²) in [6.07, 6.45) is 0.519. The zero-order valence-electron chi connectivity index (χ0n) is 14.5. The lowest BCUT2D eigenvalue weighted by Gasteiger charge is -2.39. The Morgan fingerprint density at radius 1 is 0.950 bits per heavy atom. The van der Waals surface area contributed by atoms with Crippen molar-refractivity contribution in [1.82, 2.24) is 4.72 Å². The Morgan fingerprint density at radius 3 is 1.85 bits per heavy atom. The smallest absolute Gasteiger partial charge is 0.212 e. The maximum absolute atomic E-state index is 12.1. The second-order valence-electron chi connectivity index (χ2n) is 8.26. The zero-order chi connectivity index (χ0) is 16.2. The van der Waals surface area contributed by atoms with Gasteiger partial charge in [-0.3, -0.25) is 0 Å². The summed E-state index contributed by atoms with van der Waals surface area (Å²) >= 11 is 0. The second kappa shape index (κ2) is 6.75. The first-order valence-electron chi connectivity index (χ1n) is 7.26. The van der Waals surface area contributed by atoms with Crippen molar-refractivity contribution in [3.8, 4) is 0 Å². The minimum Gasteiger partial charge on any atom is -0.381 e. The third kappa shape index (κ3) is 8.22. The minimum absolute atomic E-state index is 0.108. The molecular weight excluding hydrogens is 274 g/mol. The van der Waals surface area contributed by atoms with Gasteiger partial charge < -0.3 is 4.74 Å². The van der Waals surface area contributed by atoms with Crippen LogP contribution in [0.4, 0.5) is 0 Å². The highest BCUT2D eigenvalue weighted by Crippen LogP contribution is 2.30. The molecule has 0 amide bonds. The molecule has 0 bridgehead atoms. The Labute approximate surface area is 125 Å². The number of sulfonamides is 1. The monoisotopic (exact) mass is 307 g/mol. The van der Waals surface area contributed by atoms with E-state index >= 15 is 0 Å². The van der Waals surface area contributed by atoms with E-state index in [0.717, 1.165) is 0 Å². The van der Waals surface area contributed by atoms with Crippen molar-refractivity contribution in [3.63, 3.8) is 0 Å². The summed E-state index contributed by atoms with van der Waals surface area (Å²) in [6.45, 7) is 17.3. The van der Waals surface area contributed by atoms with E-state index in [9.17, 15) is 8.42 Å². The Balaban J connectivity index is 4.23. The summed E-state index contributed by atoms with van der Waals surface area (Å²) in [5, 5.41) is 0. The van der Waals surface area contributed by atoms with Crippen molar-refractivity contribution in [2.45, 2.75) is 67.3 Å². The van der Waals surface area contributed by atoms with Gasteiger partial charge in [-0.05, 0) is 31.1 Å². The molecule has 0 aromatic rings. The molecule has 0 spiro atoms. The molecule has 0 saturated heterocycles. The van der Waals surface area contributed by atoms with E-state index in [2.05, 4.69) is 25.5 Å². The number of hydrogen-bond acceptors (Lipinski definition) is 3. The van der Waals surface area contributed by atoms with Crippen LogP contribution in [-0.2, 0) is 14.8 Å². The molecule has 0 rings (SSSR count). The normalized spacial score (nSPS) is 14.6. The fraction of sp³-hybridized carbons (Fsp3) is 1.00. The van der Waals surface area contributed by atoms with Gasteiger partial charge in [-0.15, -0.1) is 0 Å². The van der Waals surface area contributed by atoms with Crippen molar-refractivity contribution in [1.29, 1.82) is 0 Å². The Morgan fingerprint density at radius 2 is 1.45 bits per heavy atom. The molecule has 0 aromatic carbocycles. The summed E-state index contributed by atoms with van der Waals surface area (Å²) < 4.78 is 32.5. The molecule has 0 heterocycles. The van der Waals surface area contributed by atoms with E-state index in [1.54, 1.807) is 0 Å². The Kier molecular flexibility index (Phi) is 6.71. The van der Waals surface area contributed by atoms with Crippen molar-refractivity contribution >= 4 is 10.0 Å². The maximum Gasteiger partial charge on any atom is 0.212 e. The van der Waals surface area contributed by atoms with Crippen molar-refractivity contribution in [2.24, 2.45) is 10.8 Å². The zero-order valence-corrected chi connectivity index (χ0v) is 15.3. The van der Waals surface area contributed by atoms with Crippen molar-refractivity contribution in [3.05, 3.63) is 0 Å². The fourth-order valence-electron chi connectivity index (χ4n) is 1.32. The van der Waals surface area contributed by atoms with E-state index < -0.39 is 15.6 Å². The first-order chi connectivity index (χ1) is 8.66. The van der Waals surface area contributed by atoms with E-state index in [1.165, 1.54) is 0 Å². The van der Waals surface area contributed by atoms with Gasteiger partial charge in [0.1, 0.15) is 0 Å². The molecule has 122 valence electrons. The topological polar surface area (TPSA) is 55.4 Å². The van der Waals surface area contributed by atoms with Crippen LogP contribution in [0.1, 0.15) is 61.8 Å². The average Bonchev–Trinajstić information content (AvgIpc) is 2.10. The minimum atomic E-state index is -3.27. The predicted octanol–water partition coefficient (Wildman–Crippen LogP) is 3.18. The van der Waals surface area contributed by atoms with Crippen LogP contribution in [0.3, 0.4) is 0 Å². The highest BCUT2D eigenvalue weighted by atomic mass is 32.2. The molecule has 0 aliphatic carbocycles. The average molecular weight is 308 g/mol. The molecule has 0 radical (unpaired) electrons. The molecule has 0 aromatic heterocycles. The van der Waals surface area contributed by atoms with Gasteiger partial charge in [0.05, 0.1) is 12.4 Å². The van der Waals surface area contributed by atoms with Gasteiger partial charge in [0.2, 0.25) is 10.0 Å². The molecule has 0 fully saturated rings.